The Morgan fingerprint density at radius 2 is 1.88 bits per heavy atom. The molecule has 2 aliphatic rings. The third-order valence-corrected chi connectivity index (χ3v) is 6.19. The first kappa shape index (κ1) is 18.4. The number of β-amino-alcohol motifs (C(OH)–C–C–N with tert-alkyl or cyclic N) is 1. The van der Waals surface area contributed by atoms with Crippen LogP contribution >= 0.6 is 0 Å². The van der Waals surface area contributed by atoms with E-state index in [1.165, 1.54) is 5.56 Å². The van der Waals surface area contributed by atoms with Crippen molar-refractivity contribution in [2.24, 2.45) is 0 Å². The SMILES string of the molecule is CC1CCCC(C#N)(C2(O)CN(C(C)(C)C)C2)N1Cc1ccccc1. The number of nitrogens with zero attached hydrogens (tertiary/aromatic N) is 3. The van der Waals surface area contributed by atoms with Crippen molar-refractivity contribution in [2.75, 3.05) is 13.1 Å². The van der Waals surface area contributed by atoms with Crippen molar-refractivity contribution >= 4 is 0 Å². The summed E-state index contributed by atoms with van der Waals surface area (Å²) in [6.07, 6.45) is 2.82. The van der Waals surface area contributed by atoms with Gasteiger partial charge in [0.05, 0.1) is 6.07 Å². The number of rotatable bonds is 3. The fourth-order valence-corrected chi connectivity index (χ4v) is 4.45. The van der Waals surface area contributed by atoms with Gasteiger partial charge in [0.25, 0.3) is 0 Å². The van der Waals surface area contributed by atoms with Gasteiger partial charge in [0.15, 0.2) is 0 Å². The Kier molecular flexibility index (Phi) is 4.70. The van der Waals surface area contributed by atoms with E-state index < -0.39 is 11.1 Å². The van der Waals surface area contributed by atoms with Crippen LogP contribution in [0.2, 0.25) is 0 Å². The van der Waals surface area contributed by atoms with Crippen LogP contribution in [-0.4, -0.2) is 50.7 Å². The predicted molar refractivity (Wildman–Crippen MR) is 99.9 cm³/mol. The van der Waals surface area contributed by atoms with Crippen molar-refractivity contribution in [3.8, 4) is 6.07 Å². The first-order valence-electron chi connectivity index (χ1n) is 9.41. The molecular formula is C21H31N3O. The van der Waals surface area contributed by atoms with E-state index in [1.54, 1.807) is 0 Å². The van der Waals surface area contributed by atoms with Crippen LogP contribution in [0.3, 0.4) is 0 Å². The lowest BCUT2D eigenvalue weighted by Crippen LogP contribution is -2.80. The summed E-state index contributed by atoms with van der Waals surface area (Å²) >= 11 is 0. The topological polar surface area (TPSA) is 50.5 Å². The molecule has 0 amide bonds. The summed E-state index contributed by atoms with van der Waals surface area (Å²) in [5.41, 5.74) is -0.541. The van der Waals surface area contributed by atoms with Gasteiger partial charge in [-0.1, -0.05) is 30.3 Å². The van der Waals surface area contributed by atoms with E-state index in [2.05, 4.69) is 55.7 Å². The largest absolute Gasteiger partial charge is 0.384 e. The lowest BCUT2D eigenvalue weighted by molar-refractivity contribution is -0.209. The highest BCUT2D eigenvalue weighted by atomic mass is 16.3. The third-order valence-electron chi connectivity index (χ3n) is 6.19. The second-order valence-corrected chi connectivity index (χ2v) is 8.89. The third kappa shape index (κ3) is 3.10. The Bertz CT molecular complexity index is 639. The van der Waals surface area contributed by atoms with E-state index in [0.29, 0.717) is 25.7 Å². The maximum absolute atomic E-state index is 11.5. The Balaban J connectivity index is 1.90. The molecule has 2 heterocycles. The molecule has 2 fully saturated rings. The monoisotopic (exact) mass is 341 g/mol. The van der Waals surface area contributed by atoms with Gasteiger partial charge >= 0.3 is 0 Å². The van der Waals surface area contributed by atoms with Gasteiger partial charge in [0.2, 0.25) is 0 Å². The Hall–Kier alpha value is -1.41. The molecule has 0 aliphatic carbocycles. The minimum atomic E-state index is -0.960. The van der Waals surface area contributed by atoms with E-state index in [-0.39, 0.29) is 5.54 Å². The zero-order chi connectivity index (χ0) is 18.3. The van der Waals surface area contributed by atoms with Gasteiger partial charge in [-0.2, -0.15) is 5.26 Å². The Morgan fingerprint density at radius 3 is 2.44 bits per heavy atom. The molecule has 2 aliphatic heterocycles. The Morgan fingerprint density at radius 1 is 1.24 bits per heavy atom. The summed E-state index contributed by atoms with van der Waals surface area (Å²) in [5, 5.41) is 21.7. The molecule has 2 saturated heterocycles. The lowest BCUT2D eigenvalue weighted by atomic mass is 9.67. The number of aliphatic hydroxyl groups is 1. The second kappa shape index (κ2) is 6.39. The van der Waals surface area contributed by atoms with Crippen molar-refractivity contribution in [2.45, 2.75) is 76.2 Å². The first-order chi connectivity index (χ1) is 11.7. The molecule has 1 aromatic rings. The van der Waals surface area contributed by atoms with Gasteiger partial charge in [0.1, 0.15) is 11.1 Å². The van der Waals surface area contributed by atoms with E-state index in [0.717, 1.165) is 19.3 Å². The molecule has 2 unspecified atom stereocenters. The van der Waals surface area contributed by atoms with Gasteiger partial charge in [-0.05, 0) is 52.5 Å². The summed E-state index contributed by atoms with van der Waals surface area (Å²) in [7, 11) is 0. The number of benzene rings is 1. The van der Waals surface area contributed by atoms with Crippen LogP contribution in [0.25, 0.3) is 0 Å². The van der Waals surface area contributed by atoms with Crippen LogP contribution < -0.4 is 0 Å². The molecule has 0 radical (unpaired) electrons. The summed E-state index contributed by atoms with van der Waals surface area (Å²) in [6, 6.07) is 13.2. The summed E-state index contributed by atoms with van der Waals surface area (Å²) in [4.78, 5) is 4.54. The normalized spacial score (nSPS) is 30.5. The van der Waals surface area contributed by atoms with Crippen molar-refractivity contribution in [3.63, 3.8) is 0 Å². The highest BCUT2D eigenvalue weighted by Gasteiger charge is 2.63. The first-order valence-corrected chi connectivity index (χ1v) is 9.41. The number of nitriles is 1. The maximum Gasteiger partial charge on any atom is 0.141 e. The molecule has 25 heavy (non-hydrogen) atoms. The lowest BCUT2D eigenvalue weighted by Gasteiger charge is -2.62. The van der Waals surface area contributed by atoms with Crippen molar-refractivity contribution in [1.29, 1.82) is 5.26 Å². The van der Waals surface area contributed by atoms with Gasteiger partial charge in [-0.15, -0.1) is 0 Å². The van der Waals surface area contributed by atoms with Gasteiger partial charge in [-0.3, -0.25) is 9.80 Å². The standard InChI is InChI=1S/C21H31N3O/c1-17-9-8-12-20(14-22,21(25)15-23(16-21)19(2,3)4)24(17)13-18-10-6-5-7-11-18/h5-7,10-11,17,25H,8-9,12-13,15-16H2,1-4H3. The molecule has 0 aromatic heterocycles. The molecule has 0 spiro atoms. The molecule has 0 bridgehead atoms. The van der Waals surface area contributed by atoms with E-state index >= 15 is 0 Å². The molecule has 3 rings (SSSR count). The van der Waals surface area contributed by atoms with Gasteiger partial charge < -0.3 is 5.11 Å². The molecule has 2 atom stereocenters. The summed E-state index contributed by atoms with van der Waals surface area (Å²) < 4.78 is 0. The van der Waals surface area contributed by atoms with Crippen LogP contribution in [0, 0.1) is 11.3 Å². The zero-order valence-electron chi connectivity index (χ0n) is 16.0. The average molecular weight is 341 g/mol. The minimum absolute atomic E-state index is 0.0212. The molecule has 4 heteroatoms. The predicted octanol–water partition coefficient (Wildman–Crippen LogP) is 3.17. The highest BCUT2D eigenvalue weighted by Crippen LogP contribution is 2.46. The van der Waals surface area contributed by atoms with E-state index in [9.17, 15) is 10.4 Å². The maximum atomic E-state index is 11.5. The zero-order valence-corrected chi connectivity index (χ0v) is 16.0. The quantitative estimate of drug-likeness (QED) is 0.917. The number of hydrogen-bond donors (Lipinski definition) is 1. The smallest absolute Gasteiger partial charge is 0.141 e. The van der Waals surface area contributed by atoms with Crippen LogP contribution in [0.5, 0.6) is 0 Å². The molecule has 0 saturated carbocycles. The molecular weight excluding hydrogens is 310 g/mol. The molecule has 136 valence electrons. The molecule has 1 N–H and O–H groups in total. The van der Waals surface area contributed by atoms with Crippen molar-refractivity contribution in [3.05, 3.63) is 35.9 Å². The van der Waals surface area contributed by atoms with Crippen molar-refractivity contribution < 1.29 is 5.11 Å². The van der Waals surface area contributed by atoms with Crippen LogP contribution in [0.4, 0.5) is 0 Å². The average Bonchev–Trinajstić information content (AvgIpc) is 2.54. The van der Waals surface area contributed by atoms with Crippen LogP contribution in [0.1, 0.15) is 52.5 Å². The molecule has 1 aromatic carbocycles. The Labute approximate surface area is 152 Å². The fraction of sp³-hybridized carbons (Fsp3) is 0.667. The fourth-order valence-electron chi connectivity index (χ4n) is 4.45. The van der Waals surface area contributed by atoms with Gasteiger partial charge in [0, 0.05) is 31.2 Å². The van der Waals surface area contributed by atoms with Crippen LogP contribution in [-0.2, 0) is 6.54 Å². The van der Waals surface area contributed by atoms with E-state index in [1.807, 2.05) is 18.2 Å². The van der Waals surface area contributed by atoms with Gasteiger partial charge in [-0.25, -0.2) is 0 Å². The highest BCUT2D eigenvalue weighted by molar-refractivity contribution is 5.28. The minimum Gasteiger partial charge on any atom is -0.384 e. The van der Waals surface area contributed by atoms with E-state index in [4.69, 9.17) is 0 Å². The number of likely N-dealkylation sites (tertiary alicyclic amines) is 2. The number of piperidine rings is 1. The number of hydrogen-bond acceptors (Lipinski definition) is 4. The molecule has 4 nitrogen and oxygen atoms in total. The summed E-state index contributed by atoms with van der Waals surface area (Å²) in [6.45, 7) is 10.5. The van der Waals surface area contributed by atoms with Crippen molar-refractivity contribution in [1.82, 2.24) is 9.80 Å². The second-order valence-electron chi connectivity index (χ2n) is 8.89. The summed E-state index contributed by atoms with van der Waals surface area (Å²) in [5.74, 6) is 0. The van der Waals surface area contributed by atoms with Crippen LogP contribution in [0.15, 0.2) is 30.3 Å².